The van der Waals surface area contributed by atoms with Gasteiger partial charge < -0.3 is 0 Å². The van der Waals surface area contributed by atoms with Gasteiger partial charge in [0.15, 0.2) is 0 Å². The Balaban J connectivity index is -0.000000174. The third-order valence-electron chi connectivity index (χ3n) is 6.75. The van der Waals surface area contributed by atoms with Crippen LogP contribution in [0.15, 0.2) is 0 Å². The monoisotopic (exact) mass is 498 g/mol. The van der Waals surface area contributed by atoms with Crippen LogP contribution in [0.4, 0.5) is 0 Å². The van der Waals surface area contributed by atoms with Crippen molar-refractivity contribution in [1.29, 1.82) is 0 Å². The molecular formula is C27H63AlSi3. The van der Waals surface area contributed by atoms with Gasteiger partial charge in [0.05, 0.1) is 0 Å². The smallest absolute Gasteiger partial charge is 0.250 e. The molecule has 0 radical (unpaired) electrons. The van der Waals surface area contributed by atoms with Gasteiger partial charge in [0.1, 0.15) is 0 Å². The fourth-order valence-electron chi connectivity index (χ4n) is 3.38. The summed E-state index contributed by atoms with van der Waals surface area (Å²) in [6.45, 7) is 49.7. The molecule has 0 aliphatic rings. The quantitative estimate of drug-likeness (QED) is 0.291. The van der Waals surface area contributed by atoms with Gasteiger partial charge in [-0.25, -0.2) is 26.4 Å². The minimum atomic E-state index is -0.221. The molecule has 0 aromatic carbocycles. The maximum absolute atomic E-state index is 2.44. The topological polar surface area (TPSA) is 0 Å². The van der Waals surface area contributed by atoms with E-state index in [-0.39, 0.29) is 43.8 Å². The summed E-state index contributed by atoms with van der Waals surface area (Å²) in [5, 5.41) is 3.27. The van der Waals surface area contributed by atoms with Crippen LogP contribution in [-0.4, -0.2) is 43.8 Å². The van der Waals surface area contributed by atoms with Crippen LogP contribution < -0.4 is 0 Å². The molecule has 0 heterocycles. The molecule has 0 aliphatic carbocycles. The predicted molar refractivity (Wildman–Crippen MR) is 159 cm³/mol. The zero-order chi connectivity index (χ0) is 25.7. The van der Waals surface area contributed by atoms with E-state index in [0.717, 1.165) is 0 Å². The molecule has 0 N–H and O–H groups in total. The van der Waals surface area contributed by atoms with Crippen molar-refractivity contribution in [2.75, 3.05) is 0 Å². The standard InChI is InChI=1S/3C9H21Si.Al/c3*1-8(2,3)10(7)9(4,5)6;/h3*1-7H3;/q3*-1;+3. The van der Waals surface area contributed by atoms with E-state index in [0.29, 0.717) is 30.2 Å². The maximum Gasteiger partial charge on any atom is 3.00 e. The summed E-state index contributed by atoms with van der Waals surface area (Å²) in [6.07, 6.45) is 0. The first-order chi connectivity index (χ1) is 12.5. The third-order valence-corrected chi connectivity index (χ3v) is 20.2. The van der Waals surface area contributed by atoms with E-state index in [9.17, 15) is 0 Å². The van der Waals surface area contributed by atoms with Crippen molar-refractivity contribution in [1.82, 2.24) is 0 Å². The van der Waals surface area contributed by atoms with E-state index in [1.165, 1.54) is 0 Å². The second-order valence-electron chi connectivity index (χ2n) is 15.4. The Labute approximate surface area is 217 Å². The molecule has 0 spiro atoms. The van der Waals surface area contributed by atoms with E-state index >= 15 is 0 Å². The molecule has 0 aromatic rings. The van der Waals surface area contributed by atoms with Crippen LogP contribution in [0.25, 0.3) is 0 Å². The summed E-state index contributed by atoms with van der Waals surface area (Å²) in [7, 11) is -0.662. The molecule has 0 saturated carbocycles. The van der Waals surface area contributed by atoms with Gasteiger partial charge in [-0.2, -0.15) is 49.9 Å². The number of hydrogen-bond acceptors (Lipinski definition) is 0. The van der Waals surface area contributed by atoms with E-state index in [1.807, 2.05) is 0 Å². The molecule has 0 nitrogen and oxygen atoms in total. The van der Waals surface area contributed by atoms with Gasteiger partial charge in [0.2, 0.25) is 0 Å². The van der Waals surface area contributed by atoms with Gasteiger partial charge in [-0.3, -0.25) is 0 Å². The van der Waals surface area contributed by atoms with E-state index < -0.39 is 0 Å². The van der Waals surface area contributed by atoms with Crippen LogP contribution in [0.2, 0.25) is 49.9 Å². The van der Waals surface area contributed by atoms with Crippen molar-refractivity contribution in [3.8, 4) is 0 Å². The van der Waals surface area contributed by atoms with Crippen molar-refractivity contribution >= 4 is 43.8 Å². The maximum atomic E-state index is 2.44. The van der Waals surface area contributed by atoms with Gasteiger partial charge in [-0.15, -0.1) is 0 Å². The van der Waals surface area contributed by atoms with Crippen LogP contribution in [0.3, 0.4) is 0 Å². The Bertz CT molecular complexity index is 344. The fraction of sp³-hybridized carbons (Fsp3) is 1.00. The third kappa shape index (κ3) is 19.2. The van der Waals surface area contributed by atoms with Crippen molar-refractivity contribution in [2.45, 2.75) is 174 Å². The molecule has 4 heteroatoms. The van der Waals surface area contributed by atoms with Crippen LogP contribution in [-0.2, 0) is 0 Å². The molecule has 0 unspecified atom stereocenters. The normalized spacial score (nSPS) is 13.9. The molecular weight excluding hydrogens is 436 g/mol. The van der Waals surface area contributed by atoms with Crippen LogP contribution >= 0.6 is 0 Å². The number of hydrogen-bond donors (Lipinski definition) is 0. The molecule has 0 rings (SSSR count). The summed E-state index contributed by atoms with van der Waals surface area (Å²) < 4.78 is 0. The Hall–Kier alpha value is 1.18. The van der Waals surface area contributed by atoms with Crippen LogP contribution in [0.5, 0.6) is 0 Å². The summed E-state index contributed by atoms with van der Waals surface area (Å²) in [6, 6.07) is 0. The van der Waals surface area contributed by atoms with Gasteiger partial charge in [-0.1, -0.05) is 125 Å². The van der Waals surface area contributed by atoms with Crippen LogP contribution in [0.1, 0.15) is 125 Å². The zero-order valence-corrected chi connectivity index (χ0v) is 30.2. The largest absolute Gasteiger partial charge is 3.00 e. The first-order valence-corrected chi connectivity index (χ1v) is 18.0. The average Bonchev–Trinajstić information content (AvgIpc) is 2.40. The summed E-state index contributed by atoms with van der Waals surface area (Å²) in [4.78, 5) is 0. The van der Waals surface area contributed by atoms with Crippen molar-refractivity contribution in [3.05, 3.63) is 0 Å². The molecule has 0 aliphatic heterocycles. The molecule has 0 atom stereocenters. The van der Waals surface area contributed by atoms with E-state index in [1.54, 1.807) is 0 Å². The molecule has 0 amide bonds. The molecule has 186 valence electrons. The minimum absolute atomic E-state index is 0. The summed E-state index contributed by atoms with van der Waals surface area (Å²) >= 11 is 0. The Morgan fingerprint density at radius 3 is 0.323 bits per heavy atom. The van der Waals surface area contributed by atoms with Crippen LogP contribution in [0, 0.1) is 0 Å². The predicted octanol–water partition coefficient (Wildman–Crippen LogP) is 10.8. The van der Waals surface area contributed by atoms with Crippen molar-refractivity contribution in [3.63, 3.8) is 0 Å². The average molecular weight is 499 g/mol. The first kappa shape index (κ1) is 39.4. The minimum Gasteiger partial charge on any atom is -0.250 e. The summed E-state index contributed by atoms with van der Waals surface area (Å²) in [5.41, 5.74) is 0. The second kappa shape index (κ2) is 13.3. The first-order valence-electron chi connectivity index (χ1n) is 12.0. The second-order valence-corrected chi connectivity index (χ2v) is 28.1. The zero-order valence-electron chi connectivity index (χ0n) is 26.1. The Kier molecular flexibility index (Phi) is 16.9. The van der Waals surface area contributed by atoms with Gasteiger partial charge in [-0.05, 0) is 0 Å². The molecule has 0 aromatic heterocycles. The fourth-order valence-corrected chi connectivity index (χ4v) is 10.1. The van der Waals surface area contributed by atoms with Gasteiger partial charge >= 0.3 is 17.4 Å². The summed E-state index contributed by atoms with van der Waals surface area (Å²) in [5.74, 6) is 0. The SMILES string of the molecule is C[Si-](C(C)(C)C)C(C)(C)C.C[Si-](C(C)(C)C)C(C)(C)C.C[Si-](C(C)(C)C)C(C)(C)C.[Al+3]. The molecule has 0 bridgehead atoms. The number of rotatable bonds is 0. The molecule has 0 saturated heterocycles. The van der Waals surface area contributed by atoms with E-state index in [4.69, 9.17) is 0 Å². The molecule has 0 fully saturated rings. The van der Waals surface area contributed by atoms with Crippen molar-refractivity contribution < 1.29 is 0 Å². The Morgan fingerprint density at radius 2 is 0.323 bits per heavy atom. The van der Waals surface area contributed by atoms with E-state index in [2.05, 4.69) is 144 Å². The van der Waals surface area contributed by atoms with Crippen molar-refractivity contribution in [2.24, 2.45) is 0 Å². The van der Waals surface area contributed by atoms with Gasteiger partial charge in [0.25, 0.3) is 0 Å². The Morgan fingerprint density at radius 1 is 0.258 bits per heavy atom. The van der Waals surface area contributed by atoms with Gasteiger partial charge in [0, 0.05) is 0 Å². The molecule has 31 heavy (non-hydrogen) atoms.